The van der Waals surface area contributed by atoms with E-state index in [1.54, 1.807) is 54.6 Å². The fraction of sp³-hybridized carbons (Fsp3) is 0.0870. The number of fused-ring (bicyclic) bond motifs is 1. The molecule has 2 heterocycles. The van der Waals surface area contributed by atoms with E-state index in [1.165, 1.54) is 18.4 Å². The monoisotopic (exact) mass is 481 g/mol. The highest BCUT2D eigenvalue weighted by atomic mass is 79.9. The van der Waals surface area contributed by atoms with Crippen molar-refractivity contribution in [2.45, 2.75) is 12.6 Å². The molecule has 1 unspecified atom stereocenters. The van der Waals surface area contributed by atoms with Crippen LogP contribution in [-0.2, 0) is 16.1 Å². The smallest absolute Gasteiger partial charge is 0.336 e. The van der Waals surface area contributed by atoms with Gasteiger partial charge in [-0.15, -0.1) is 0 Å². The van der Waals surface area contributed by atoms with E-state index in [9.17, 15) is 14.4 Å². The van der Waals surface area contributed by atoms with E-state index in [0.717, 1.165) is 4.47 Å². The van der Waals surface area contributed by atoms with Crippen molar-refractivity contribution in [3.8, 4) is 0 Å². The van der Waals surface area contributed by atoms with Crippen LogP contribution >= 0.6 is 15.9 Å². The lowest BCUT2D eigenvalue weighted by Crippen LogP contribution is -2.34. The van der Waals surface area contributed by atoms with Gasteiger partial charge in [0, 0.05) is 21.5 Å². The number of hydrogen-bond acceptors (Lipinski definition) is 6. The largest absolute Gasteiger partial charge is 0.459 e. The van der Waals surface area contributed by atoms with Crippen molar-refractivity contribution in [3.63, 3.8) is 0 Å². The van der Waals surface area contributed by atoms with E-state index in [4.69, 9.17) is 13.6 Å². The van der Waals surface area contributed by atoms with Crippen molar-refractivity contribution >= 4 is 38.8 Å². The van der Waals surface area contributed by atoms with Crippen molar-refractivity contribution in [2.75, 3.05) is 0 Å². The number of benzene rings is 2. The first-order chi connectivity index (χ1) is 15.0. The number of ether oxygens (including phenoxy) is 1. The summed E-state index contributed by atoms with van der Waals surface area (Å²) >= 11 is 3.33. The van der Waals surface area contributed by atoms with Gasteiger partial charge in [-0.1, -0.05) is 46.3 Å². The molecule has 8 heteroatoms. The van der Waals surface area contributed by atoms with Gasteiger partial charge in [-0.05, 0) is 35.9 Å². The number of hydrogen-bond donors (Lipinski definition) is 1. The summed E-state index contributed by atoms with van der Waals surface area (Å²) in [6.07, 6.45) is 1.37. The van der Waals surface area contributed by atoms with Gasteiger partial charge in [0.1, 0.15) is 12.2 Å². The Balaban J connectivity index is 1.57. The minimum Gasteiger partial charge on any atom is -0.459 e. The van der Waals surface area contributed by atoms with Crippen molar-refractivity contribution in [1.82, 2.24) is 5.32 Å². The Hall–Kier alpha value is -3.65. The zero-order valence-electron chi connectivity index (χ0n) is 16.0. The van der Waals surface area contributed by atoms with Gasteiger partial charge in [0.25, 0.3) is 5.91 Å². The van der Waals surface area contributed by atoms with E-state index in [-0.39, 0.29) is 12.4 Å². The summed E-state index contributed by atoms with van der Waals surface area (Å²) in [4.78, 5) is 37.3. The number of amides is 1. The molecule has 0 aliphatic carbocycles. The van der Waals surface area contributed by atoms with Crippen LogP contribution in [0.5, 0.6) is 0 Å². The molecule has 0 saturated carbocycles. The predicted octanol–water partition coefficient (Wildman–Crippen LogP) is 4.36. The summed E-state index contributed by atoms with van der Waals surface area (Å²) in [7, 11) is 0. The molecule has 31 heavy (non-hydrogen) atoms. The first-order valence-corrected chi connectivity index (χ1v) is 10.1. The standard InChI is InChI=1S/C23H16BrNO6/c24-16-8-9-17-15(11-20(26)31-19(17)12-16)13-30-23(28)21(14-5-2-1-3-6-14)25-22(27)18-7-4-10-29-18/h1-12,21H,13H2,(H,25,27). The Morgan fingerprint density at radius 1 is 1.03 bits per heavy atom. The summed E-state index contributed by atoms with van der Waals surface area (Å²) in [5.74, 6) is -1.15. The number of carbonyl (C=O) groups is 2. The lowest BCUT2D eigenvalue weighted by atomic mass is 10.1. The van der Waals surface area contributed by atoms with Gasteiger partial charge in [0.15, 0.2) is 11.8 Å². The minimum absolute atomic E-state index is 0.0750. The fourth-order valence-corrected chi connectivity index (χ4v) is 3.43. The topological polar surface area (TPSA) is 98.8 Å². The number of halogens is 1. The molecule has 0 aliphatic heterocycles. The van der Waals surface area contributed by atoms with E-state index in [1.807, 2.05) is 0 Å². The number of rotatable bonds is 6. The molecule has 0 radical (unpaired) electrons. The Morgan fingerprint density at radius 3 is 2.58 bits per heavy atom. The van der Waals surface area contributed by atoms with Crippen LogP contribution < -0.4 is 10.9 Å². The average Bonchev–Trinajstić information content (AvgIpc) is 3.31. The summed E-state index contributed by atoms with van der Waals surface area (Å²) < 4.78 is 16.5. The second kappa shape index (κ2) is 9.01. The molecular formula is C23H16BrNO6. The molecule has 0 aliphatic rings. The summed E-state index contributed by atoms with van der Waals surface area (Å²) in [5, 5.41) is 3.28. The van der Waals surface area contributed by atoms with Crippen LogP contribution in [0.25, 0.3) is 11.0 Å². The van der Waals surface area contributed by atoms with Crippen molar-refractivity contribution < 1.29 is 23.2 Å². The minimum atomic E-state index is -1.06. The van der Waals surface area contributed by atoms with E-state index in [0.29, 0.717) is 22.1 Å². The van der Waals surface area contributed by atoms with E-state index < -0.39 is 23.5 Å². The predicted molar refractivity (Wildman–Crippen MR) is 115 cm³/mol. The van der Waals surface area contributed by atoms with Gasteiger partial charge in [-0.3, -0.25) is 4.79 Å². The highest BCUT2D eigenvalue weighted by Crippen LogP contribution is 2.23. The molecule has 0 fully saturated rings. The SMILES string of the molecule is O=C(NC(C(=O)OCc1cc(=O)oc2cc(Br)ccc12)c1ccccc1)c1ccco1. The Morgan fingerprint density at radius 2 is 1.84 bits per heavy atom. The quantitative estimate of drug-likeness (QED) is 0.324. The maximum absolute atomic E-state index is 12.9. The Bertz CT molecular complexity index is 1280. The molecule has 0 saturated heterocycles. The van der Waals surface area contributed by atoms with Crippen LogP contribution in [0.2, 0.25) is 0 Å². The number of esters is 1. The van der Waals surface area contributed by atoms with Crippen molar-refractivity contribution in [2.24, 2.45) is 0 Å². The maximum atomic E-state index is 12.9. The molecule has 0 bridgehead atoms. The van der Waals surface area contributed by atoms with E-state index in [2.05, 4.69) is 21.2 Å². The molecule has 2 aromatic carbocycles. The van der Waals surface area contributed by atoms with Gasteiger partial charge >= 0.3 is 11.6 Å². The molecule has 156 valence electrons. The molecular weight excluding hydrogens is 466 g/mol. The van der Waals surface area contributed by atoms with Gasteiger partial charge in [-0.25, -0.2) is 9.59 Å². The zero-order valence-corrected chi connectivity index (χ0v) is 17.6. The lowest BCUT2D eigenvalue weighted by molar-refractivity contribution is -0.147. The molecule has 7 nitrogen and oxygen atoms in total. The van der Waals surface area contributed by atoms with Gasteiger partial charge < -0.3 is 18.9 Å². The Kier molecular flexibility index (Phi) is 5.99. The fourth-order valence-electron chi connectivity index (χ4n) is 3.09. The molecule has 0 spiro atoms. The van der Waals surface area contributed by atoms with Gasteiger partial charge in [-0.2, -0.15) is 0 Å². The first-order valence-electron chi connectivity index (χ1n) is 9.29. The maximum Gasteiger partial charge on any atom is 0.336 e. The third kappa shape index (κ3) is 4.75. The second-order valence-electron chi connectivity index (χ2n) is 6.63. The average molecular weight is 482 g/mol. The van der Waals surface area contributed by atoms with Crippen LogP contribution in [0.4, 0.5) is 0 Å². The zero-order chi connectivity index (χ0) is 21.8. The third-order valence-corrected chi connectivity index (χ3v) is 5.04. The van der Waals surface area contributed by atoms with Crippen LogP contribution in [0.15, 0.2) is 91.1 Å². The van der Waals surface area contributed by atoms with E-state index >= 15 is 0 Å². The van der Waals surface area contributed by atoms with Crippen LogP contribution in [0, 0.1) is 0 Å². The number of carbonyl (C=O) groups excluding carboxylic acids is 2. The molecule has 1 atom stereocenters. The van der Waals surface area contributed by atoms with Gasteiger partial charge in [0.05, 0.1) is 6.26 Å². The summed E-state index contributed by atoms with van der Waals surface area (Å²) in [6, 6.07) is 17.2. The number of nitrogens with one attached hydrogen (secondary N) is 1. The molecule has 1 amide bonds. The van der Waals surface area contributed by atoms with Crippen molar-refractivity contribution in [3.05, 3.63) is 105 Å². The van der Waals surface area contributed by atoms with Gasteiger partial charge in [0.2, 0.25) is 0 Å². The van der Waals surface area contributed by atoms with Crippen molar-refractivity contribution in [1.29, 1.82) is 0 Å². The normalized spacial score (nSPS) is 11.8. The summed E-state index contributed by atoms with van der Waals surface area (Å²) in [5.41, 5.74) is 0.867. The van der Waals surface area contributed by atoms with Crippen LogP contribution in [0.3, 0.4) is 0 Å². The molecule has 1 N–H and O–H groups in total. The highest BCUT2D eigenvalue weighted by molar-refractivity contribution is 9.10. The molecule has 2 aromatic heterocycles. The first kappa shape index (κ1) is 20.6. The third-order valence-electron chi connectivity index (χ3n) is 4.55. The van der Waals surface area contributed by atoms with Crippen LogP contribution in [-0.4, -0.2) is 11.9 Å². The second-order valence-corrected chi connectivity index (χ2v) is 7.55. The lowest BCUT2D eigenvalue weighted by Gasteiger charge is -2.18. The number of furan rings is 1. The summed E-state index contributed by atoms with van der Waals surface area (Å²) in [6.45, 7) is -0.164. The molecule has 4 aromatic rings. The molecule has 4 rings (SSSR count). The Labute approximate surface area is 184 Å². The highest BCUT2D eigenvalue weighted by Gasteiger charge is 2.26. The van der Waals surface area contributed by atoms with Crippen LogP contribution in [0.1, 0.15) is 27.7 Å².